The van der Waals surface area contributed by atoms with Gasteiger partial charge >= 0.3 is 6.18 Å². The second-order valence-electron chi connectivity index (χ2n) is 3.17. The number of alkyl halides is 3. The zero-order valence-corrected chi connectivity index (χ0v) is 9.15. The summed E-state index contributed by atoms with van der Waals surface area (Å²) in [7, 11) is 0. The maximum absolute atomic E-state index is 12.7. The van der Waals surface area contributed by atoms with Crippen LogP contribution in [0.3, 0.4) is 0 Å². The van der Waals surface area contributed by atoms with Crippen LogP contribution in [0.5, 0.6) is 0 Å². The minimum atomic E-state index is -4.69. The number of nitrogens with zero attached hydrogens (tertiary/aromatic N) is 4. The maximum Gasteiger partial charge on any atom is 0.418 e. The molecular weight excluding hydrogens is 259 g/mol. The first-order valence-corrected chi connectivity index (χ1v) is 4.67. The Balaban J connectivity index is 3.24. The van der Waals surface area contributed by atoms with Crippen molar-refractivity contribution >= 4 is 11.4 Å². The lowest BCUT2D eigenvalue weighted by atomic mass is 10.1. The molecule has 94 valence electrons. The van der Waals surface area contributed by atoms with Gasteiger partial charge in [0.2, 0.25) is 5.71 Å². The quantitative estimate of drug-likeness (QED) is 0.654. The fraction of sp³-hybridized carbons (Fsp3) is 0.0909. The van der Waals surface area contributed by atoms with E-state index in [1.165, 1.54) is 12.1 Å². The molecule has 0 spiro atoms. The van der Waals surface area contributed by atoms with Crippen molar-refractivity contribution in [3.8, 4) is 18.2 Å². The van der Waals surface area contributed by atoms with E-state index in [-0.39, 0.29) is 5.56 Å². The maximum atomic E-state index is 12.7. The highest BCUT2D eigenvalue weighted by atomic mass is 19.4. The molecule has 0 amide bonds. The molecule has 0 aromatic heterocycles. The van der Waals surface area contributed by atoms with Crippen LogP contribution >= 0.6 is 0 Å². The Morgan fingerprint density at radius 1 is 1.16 bits per heavy atom. The molecule has 0 fully saturated rings. The predicted octanol–water partition coefficient (Wildman–Crippen LogP) is 2.39. The zero-order valence-electron chi connectivity index (χ0n) is 9.15. The Bertz CT molecular complexity index is 624. The molecule has 0 saturated carbocycles. The highest BCUT2D eigenvalue weighted by molar-refractivity contribution is 6.10. The largest absolute Gasteiger partial charge is 0.418 e. The molecule has 1 N–H and O–H groups in total. The Morgan fingerprint density at radius 2 is 1.79 bits per heavy atom. The number of nitriles is 3. The van der Waals surface area contributed by atoms with Crippen molar-refractivity contribution in [2.75, 3.05) is 5.43 Å². The van der Waals surface area contributed by atoms with E-state index in [9.17, 15) is 13.2 Å². The van der Waals surface area contributed by atoms with E-state index in [0.717, 1.165) is 12.1 Å². The van der Waals surface area contributed by atoms with Crippen molar-refractivity contribution in [2.45, 2.75) is 6.18 Å². The van der Waals surface area contributed by atoms with Gasteiger partial charge in [-0.25, -0.2) is 0 Å². The second-order valence-corrected chi connectivity index (χ2v) is 3.17. The summed E-state index contributed by atoms with van der Waals surface area (Å²) in [6.45, 7) is 0. The molecule has 1 rings (SSSR count). The number of hydrogen-bond acceptors (Lipinski definition) is 5. The van der Waals surface area contributed by atoms with Gasteiger partial charge in [0.05, 0.1) is 22.9 Å². The first-order valence-electron chi connectivity index (χ1n) is 4.67. The fourth-order valence-corrected chi connectivity index (χ4v) is 1.14. The molecule has 8 heteroatoms. The lowest BCUT2D eigenvalue weighted by Gasteiger charge is -2.12. The molecule has 0 unspecified atom stereocenters. The first kappa shape index (κ1) is 14.0. The summed E-state index contributed by atoms with van der Waals surface area (Å²) in [4.78, 5) is 0. The lowest BCUT2D eigenvalue weighted by molar-refractivity contribution is -0.137. The molecule has 0 aliphatic carbocycles. The predicted molar refractivity (Wildman–Crippen MR) is 58.4 cm³/mol. The highest BCUT2D eigenvalue weighted by Crippen LogP contribution is 2.35. The van der Waals surface area contributed by atoms with Crippen molar-refractivity contribution in [1.82, 2.24) is 0 Å². The number of benzene rings is 1. The third-order valence-electron chi connectivity index (χ3n) is 1.95. The molecule has 0 radical (unpaired) electrons. The Labute approximate surface area is 105 Å². The molecule has 1 aromatic carbocycles. The van der Waals surface area contributed by atoms with Crippen LogP contribution in [-0.2, 0) is 6.18 Å². The Morgan fingerprint density at radius 3 is 2.26 bits per heavy atom. The Kier molecular flexibility index (Phi) is 4.07. The van der Waals surface area contributed by atoms with Gasteiger partial charge in [0.1, 0.15) is 12.1 Å². The topological polar surface area (TPSA) is 95.8 Å². The summed E-state index contributed by atoms with van der Waals surface area (Å²) in [6, 6.07) is 7.18. The van der Waals surface area contributed by atoms with Crippen molar-refractivity contribution in [2.24, 2.45) is 5.10 Å². The van der Waals surface area contributed by atoms with E-state index in [2.05, 4.69) is 5.10 Å². The molecule has 0 saturated heterocycles. The standard InChI is InChI=1S/C11H4F3N5/c12-11(13,14)9-3-7(4-15)1-2-10(9)19-18-8(5-16)6-17/h1-3,19H. The van der Waals surface area contributed by atoms with E-state index in [1.807, 2.05) is 5.43 Å². The van der Waals surface area contributed by atoms with Gasteiger partial charge in [-0.2, -0.15) is 34.1 Å². The van der Waals surface area contributed by atoms with Crippen LogP contribution in [0.1, 0.15) is 11.1 Å². The molecular formula is C11H4F3N5. The molecule has 0 bridgehead atoms. The molecule has 0 aliphatic rings. The number of nitrogens with one attached hydrogen (secondary N) is 1. The summed E-state index contributed by atoms with van der Waals surface area (Å²) in [5.74, 6) is 0. The van der Waals surface area contributed by atoms with Gasteiger partial charge < -0.3 is 0 Å². The number of hydrazone groups is 1. The van der Waals surface area contributed by atoms with Gasteiger partial charge in [0.25, 0.3) is 0 Å². The summed E-state index contributed by atoms with van der Waals surface area (Å²) in [6.07, 6.45) is -4.69. The number of anilines is 1. The van der Waals surface area contributed by atoms with E-state index in [4.69, 9.17) is 15.8 Å². The van der Waals surface area contributed by atoms with Crippen LogP contribution in [0.4, 0.5) is 18.9 Å². The third kappa shape index (κ3) is 3.45. The van der Waals surface area contributed by atoms with E-state index < -0.39 is 23.1 Å². The van der Waals surface area contributed by atoms with Gasteiger partial charge in [-0.1, -0.05) is 0 Å². The summed E-state index contributed by atoms with van der Waals surface area (Å²) in [5, 5.41) is 28.6. The molecule has 5 nitrogen and oxygen atoms in total. The smallest absolute Gasteiger partial charge is 0.276 e. The van der Waals surface area contributed by atoms with E-state index in [0.29, 0.717) is 6.07 Å². The van der Waals surface area contributed by atoms with Crippen molar-refractivity contribution < 1.29 is 13.2 Å². The van der Waals surface area contributed by atoms with Gasteiger partial charge in [-0.15, -0.1) is 0 Å². The summed E-state index contributed by atoms with van der Waals surface area (Å²) in [5.41, 5.74) is -0.347. The average molecular weight is 263 g/mol. The highest BCUT2D eigenvalue weighted by Gasteiger charge is 2.34. The average Bonchev–Trinajstić information content (AvgIpc) is 2.39. The van der Waals surface area contributed by atoms with Crippen molar-refractivity contribution in [3.63, 3.8) is 0 Å². The number of rotatable bonds is 2. The van der Waals surface area contributed by atoms with Crippen LogP contribution in [-0.4, -0.2) is 5.71 Å². The fourth-order valence-electron chi connectivity index (χ4n) is 1.14. The van der Waals surface area contributed by atoms with Crippen LogP contribution in [0.15, 0.2) is 23.3 Å². The molecule has 0 aliphatic heterocycles. The van der Waals surface area contributed by atoms with Crippen LogP contribution in [0.25, 0.3) is 0 Å². The minimum absolute atomic E-state index is 0.164. The minimum Gasteiger partial charge on any atom is -0.276 e. The molecule has 0 atom stereocenters. The summed E-state index contributed by atoms with van der Waals surface area (Å²) >= 11 is 0. The Hall–Kier alpha value is -3.05. The number of halogens is 3. The van der Waals surface area contributed by atoms with Crippen LogP contribution in [0, 0.1) is 34.0 Å². The first-order chi connectivity index (χ1) is 8.92. The van der Waals surface area contributed by atoms with E-state index >= 15 is 0 Å². The molecule has 0 heterocycles. The lowest BCUT2D eigenvalue weighted by Crippen LogP contribution is -2.09. The summed E-state index contributed by atoms with van der Waals surface area (Å²) < 4.78 is 38.2. The molecule has 1 aromatic rings. The SMILES string of the molecule is N#CC(C#N)=NNc1ccc(C#N)cc1C(F)(F)F. The van der Waals surface area contributed by atoms with Gasteiger partial charge in [-0.3, -0.25) is 5.43 Å². The van der Waals surface area contributed by atoms with Gasteiger partial charge in [-0.05, 0) is 18.2 Å². The normalized spacial score (nSPS) is 9.68. The third-order valence-corrected chi connectivity index (χ3v) is 1.95. The van der Waals surface area contributed by atoms with Gasteiger partial charge in [0.15, 0.2) is 0 Å². The monoisotopic (exact) mass is 263 g/mol. The van der Waals surface area contributed by atoms with Gasteiger partial charge in [0, 0.05) is 0 Å². The van der Waals surface area contributed by atoms with E-state index in [1.54, 1.807) is 6.07 Å². The van der Waals surface area contributed by atoms with Crippen molar-refractivity contribution in [3.05, 3.63) is 29.3 Å². The second kappa shape index (κ2) is 5.52. The molecule has 19 heavy (non-hydrogen) atoms. The van der Waals surface area contributed by atoms with Crippen molar-refractivity contribution in [1.29, 1.82) is 15.8 Å². The van der Waals surface area contributed by atoms with Crippen LogP contribution < -0.4 is 5.43 Å². The number of hydrogen-bond donors (Lipinski definition) is 1. The van der Waals surface area contributed by atoms with Crippen LogP contribution in [0.2, 0.25) is 0 Å². The zero-order chi connectivity index (χ0) is 14.5.